The Morgan fingerprint density at radius 1 is 1.29 bits per heavy atom. The van der Waals surface area contributed by atoms with Crippen molar-refractivity contribution in [2.75, 3.05) is 20.1 Å². The minimum Gasteiger partial charge on any atom is -0.317 e. The molecule has 0 aromatic heterocycles. The second kappa shape index (κ2) is 7.70. The smallest absolute Gasteiger partial charge is 0.317 e. The normalized spacial score (nSPS) is 17.1. The van der Waals surface area contributed by atoms with E-state index in [9.17, 15) is 21.6 Å². The lowest BCUT2D eigenvalue weighted by molar-refractivity contribution is -0.137. The van der Waals surface area contributed by atoms with Gasteiger partial charge in [-0.05, 0) is 38.1 Å². The van der Waals surface area contributed by atoms with Gasteiger partial charge in [-0.1, -0.05) is 0 Å². The second-order valence-electron chi connectivity index (χ2n) is 5.28. The largest absolute Gasteiger partial charge is 0.417 e. The molecule has 1 aliphatic heterocycles. The maximum absolute atomic E-state index is 13.0. The van der Waals surface area contributed by atoms with Gasteiger partial charge in [-0.25, -0.2) is 8.42 Å². The van der Waals surface area contributed by atoms with Crippen LogP contribution in [0.1, 0.15) is 24.0 Å². The zero-order valence-corrected chi connectivity index (χ0v) is 14.4. The van der Waals surface area contributed by atoms with Crippen LogP contribution in [0, 0.1) is 11.3 Å². The van der Waals surface area contributed by atoms with E-state index in [2.05, 4.69) is 5.32 Å². The number of hydrogen-bond acceptors (Lipinski definition) is 4. The van der Waals surface area contributed by atoms with E-state index in [0.717, 1.165) is 12.1 Å². The second-order valence-corrected chi connectivity index (χ2v) is 7.22. The first kappa shape index (κ1) is 20.7. The molecular formula is C14H17ClF3N3O2S. The highest BCUT2D eigenvalue weighted by Gasteiger charge is 2.36. The maximum atomic E-state index is 13.0. The summed E-state index contributed by atoms with van der Waals surface area (Å²) < 4.78 is 65.1. The molecule has 1 fully saturated rings. The highest BCUT2D eigenvalue weighted by atomic mass is 35.5. The first-order valence-electron chi connectivity index (χ1n) is 6.99. The summed E-state index contributed by atoms with van der Waals surface area (Å²) in [5, 5.41) is 11.8. The van der Waals surface area contributed by atoms with Gasteiger partial charge in [0.15, 0.2) is 0 Å². The molecule has 24 heavy (non-hydrogen) atoms. The number of alkyl halides is 3. The van der Waals surface area contributed by atoms with Crippen molar-refractivity contribution in [3.8, 4) is 6.07 Å². The third kappa shape index (κ3) is 4.19. The summed E-state index contributed by atoms with van der Waals surface area (Å²) >= 11 is 0. The number of benzene rings is 1. The van der Waals surface area contributed by atoms with Crippen LogP contribution in [0.5, 0.6) is 0 Å². The molecule has 0 atom stereocenters. The van der Waals surface area contributed by atoms with Crippen LogP contribution in [0.4, 0.5) is 13.2 Å². The summed E-state index contributed by atoms with van der Waals surface area (Å²) in [4.78, 5) is -0.438. The predicted molar refractivity (Wildman–Crippen MR) is 84.2 cm³/mol. The molecular weight excluding hydrogens is 367 g/mol. The molecule has 1 saturated heterocycles. The maximum Gasteiger partial charge on any atom is 0.417 e. The Labute approximate surface area is 144 Å². The lowest BCUT2D eigenvalue weighted by atomic mass is 10.1. The Morgan fingerprint density at radius 3 is 2.33 bits per heavy atom. The van der Waals surface area contributed by atoms with Gasteiger partial charge in [0, 0.05) is 19.1 Å². The van der Waals surface area contributed by atoms with Crippen molar-refractivity contribution >= 4 is 22.4 Å². The summed E-state index contributed by atoms with van der Waals surface area (Å²) in [5.41, 5.74) is -1.82. The highest BCUT2D eigenvalue weighted by molar-refractivity contribution is 7.89. The molecule has 0 spiro atoms. The van der Waals surface area contributed by atoms with E-state index >= 15 is 0 Å². The third-order valence-corrected chi connectivity index (χ3v) is 5.81. The molecule has 1 heterocycles. The fraction of sp³-hybridized carbons (Fsp3) is 0.500. The molecule has 0 unspecified atom stereocenters. The van der Waals surface area contributed by atoms with Gasteiger partial charge in [0.05, 0.1) is 22.1 Å². The van der Waals surface area contributed by atoms with Gasteiger partial charge in [-0.3, -0.25) is 0 Å². The van der Waals surface area contributed by atoms with Crippen LogP contribution >= 0.6 is 12.4 Å². The Kier molecular flexibility index (Phi) is 6.64. The number of nitrogens with zero attached hydrogens (tertiary/aromatic N) is 2. The van der Waals surface area contributed by atoms with Crippen molar-refractivity contribution in [2.45, 2.75) is 30.0 Å². The highest BCUT2D eigenvalue weighted by Crippen LogP contribution is 2.34. The molecule has 0 saturated carbocycles. The Balaban J connectivity index is 0.00000288. The van der Waals surface area contributed by atoms with Crippen molar-refractivity contribution in [1.82, 2.24) is 9.62 Å². The van der Waals surface area contributed by atoms with E-state index in [0.29, 0.717) is 18.9 Å². The minimum absolute atomic E-state index is 0. The summed E-state index contributed by atoms with van der Waals surface area (Å²) in [6.45, 7) is 0.490. The number of hydrogen-bond donors (Lipinski definition) is 1. The lowest BCUT2D eigenvalue weighted by Gasteiger charge is -2.31. The Bertz CT molecular complexity index is 724. The SMILES string of the molecule is CNC1CCN(S(=O)(=O)c2ccc(C#N)c(C(F)(F)F)c2)CC1.Cl. The van der Waals surface area contributed by atoms with E-state index in [1.165, 1.54) is 10.4 Å². The molecule has 1 aromatic carbocycles. The number of halogens is 4. The number of nitrogens with one attached hydrogen (secondary N) is 1. The molecule has 0 radical (unpaired) electrons. The molecule has 5 nitrogen and oxygen atoms in total. The van der Waals surface area contributed by atoms with Gasteiger partial charge in [0.25, 0.3) is 0 Å². The molecule has 2 rings (SSSR count). The van der Waals surface area contributed by atoms with Crippen molar-refractivity contribution < 1.29 is 21.6 Å². The zero-order chi connectivity index (χ0) is 17.3. The fourth-order valence-electron chi connectivity index (χ4n) is 2.55. The Hall–Kier alpha value is -1.34. The molecule has 1 aliphatic rings. The number of nitriles is 1. The van der Waals surface area contributed by atoms with E-state index in [-0.39, 0.29) is 31.5 Å². The van der Waals surface area contributed by atoms with Gasteiger partial charge in [0.2, 0.25) is 10.0 Å². The van der Waals surface area contributed by atoms with E-state index in [4.69, 9.17) is 5.26 Å². The molecule has 0 amide bonds. The quantitative estimate of drug-likeness (QED) is 0.869. The van der Waals surface area contributed by atoms with Crippen molar-refractivity contribution in [3.63, 3.8) is 0 Å². The van der Waals surface area contributed by atoms with Crippen molar-refractivity contribution in [3.05, 3.63) is 29.3 Å². The van der Waals surface area contributed by atoms with E-state index < -0.39 is 32.2 Å². The standard InChI is InChI=1S/C14H16F3N3O2S.ClH/c1-19-11-4-6-20(7-5-11)23(21,22)12-3-2-10(9-18)13(8-12)14(15,16)17;/h2-3,8,11,19H,4-7H2,1H3;1H. The topological polar surface area (TPSA) is 73.2 Å². The van der Waals surface area contributed by atoms with Crippen LogP contribution in [-0.4, -0.2) is 38.9 Å². The molecule has 10 heteroatoms. The van der Waals surface area contributed by atoms with E-state index in [1.807, 2.05) is 0 Å². The average molecular weight is 384 g/mol. The molecule has 0 bridgehead atoms. The third-order valence-electron chi connectivity index (χ3n) is 3.92. The fourth-order valence-corrected chi connectivity index (χ4v) is 4.05. The number of rotatable bonds is 3. The zero-order valence-electron chi connectivity index (χ0n) is 12.8. The molecule has 134 valence electrons. The van der Waals surface area contributed by atoms with E-state index in [1.54, 1.807) is 7.05 Å². The van der Waals surface area contributed by atoms with Gasteiger partial charge < -0.3 is 5.32 Å². The van der Waals surface area contributed by atoms with Crippen LogP contribution in [0.15, 0.2) is 23.1 Å². The van der Waals surface area contributed by atoms with Gasteiger partial charge in [-0.15, -0.1) is 12.4 Å². The van der Waals surface area contributed by atoms with Crippen LogP contribution in [-0.2, 0) is 16.2 Å². The van der Waals surface area contributed by atoms with Crippen LogP contribution in [0.2, 0.25) is 0 Å². The number of piperidine rings is 1. The van der Waals surface area contributed by atoms with Crippen molar-refractivity contribution in [1.29, 1.82) is 5.26 Å². The Morgan fingerprint density at radius 2 is 1.88 bits per heavy atom. The van der Waals surface area contributed by atoms with Gasteiger partial charge in [0.1, 0.15) is 0 Å². The molecule has 1 aromatic rings. The predicted octanol–water partition coefficient (Wildman–Crippen LogP) is 2.37. The van der Waals surface area contributed by atoms with Crippen LogP contribution < -0.4 is 5.32 Å². The summed E-state index contributed by atoms with van der Waals surface area (Å²) in [5.74, 6) is 0. The number of sulfonamides is 1. The average Bonchev–Trinajstić information content (AvgIpc) is 2.53. The lowest BCUT2D eigenvalue weighted by Crippen LogP contribution is -2.43. The monoisotopic (exact) mass is 383 g/mol. The first-order chi connectivity index (χ1) is 10.7. The van der Waals surface area contributed by atoms with Crippen LogP contribution in [0.25, 0.3) is 0 Å². The molecule has 0 aliphatic carbocycles. The van der Waals surface area contributed by atoms with Crippen molar-refractivity contribution in [2.24, 2.45) is 0 Å². The van der Waals surface area contributed by atoms with Gasteiger partial charge >= 0.3 is 6.18 Å². The summed E-state index contributed by atoms with van der Waals surface area (Å²) in [6, 6.07) is 4.13. The summed E-state index contributed by atoms with van der Waals surface area (Å²) in [7, 11) is -2.22. The molecule has 1 N–H and O–H groups in total. The minimum atomic E-state index is -4.78. The first-order valence-corrected chi connectivity index (χ1v) is 8.43. The van der Waals surface area contributed by atoms with Gasteiger partial charge in [-0.2, -0.15) is 22.7 Å². The summed E-state index contributed by atoms with van der Waals surface area (Å²) in [6.07, 6.45) is -3.59. The van der Waals surface area contributed by atoms with Crippen LogP contribution in [0.3, 0.4) is 0 Å².